The second-order valence-electron chi connectivity index (χ2n) is 6.48. The zero-order valence-electron chi connectivity index (χ0n) is 14.4. The van der Waals surface area contributed by atoms with E-state index in [-0.39, 0.29) is 18.4 Å². The Kier molecular flexibility index (Phi) is 4.39. The van der Waals surface area contributed by atoms with E-state index < -0.39 is 0 Å². The van der Waals surface area contributed by atoms with E-state index in [1.807, 2.05) is 47.2 Å². The first kappa shape index (κ1) is 16.3. The minimum absolute atomic E-state index is 0.0611. The van der Waals surface area contributed by atoms with Crippen LogP contribution in [0.1, 0.15) is 18.4 Å². The molecule has 1 aromatic carbocycles. The van der Waals surface area contributed by atoms with Gasteiger partial charge in [0.1, 0.15) is 6.54 Å². The van der Waals surface area contributed by atoms with Crippen LogP contribution in [0.3, 0.4) is 0 Å². The molecule has 1 N–H and O–H groups in total. The molecule has 3 heterocycles. The Morgan fingerprint density at radius 3 is 2.92 bits per heavy atom. The molecular weight excluding hydrogens is 328 g/mol. The normalized spacial score (nSPS) is 14.2. The summed E-state index contributed by atoms with van der Waals surface area (Å²) in [5.41, 5.74) is 2.72. The van der Waals surface area contributed by atoms with E-state index in [2.05, 4.69) is 10.3 Å². The fourth-order valence-corrected chi connectivity index (χ4v) is 3.33. The summed E-state index contributed by atoms with van der Waals surface area (Å²) in [5, 5.41) is 4.05. The van der Waals surface area contributed by atoms with Crippen LogP contribution in [0.2, 0.25) is 0 Å². The summed E-state index contributed by atoms with van der Waals surface area (Å²) in [6, 6.07) is 11.9. The Labute approximate surface area is 151 Å². The highest BCUT2D eigenvalue weighted by molar-refractivity contribution is 5.95. The molecule has 1 aliphatic heterocycles. The number of fused-ring (bicyclic) bond motifs is 1. The van der Waals surface area contributed by atoms with Gasteiger partial charge in [0.2, 0.25) is 11.8 Å². The van der Waals surface area contributed by atoms with Crippen LogP contribution < -0.4 is 10.2 Å². The van der Waals surface area contributed by atoms with E-state index in [1.54, 1.807) is 17.3 Å². The molecular formula is C20H20N4O2. The number of amides is 2. The van der Waals surface area contributed by atoms with E-state index in [0.717, 1.165) is 35.1 Å². The molecule has 3 aromatic rings. The predicted molar refractivity (Wildman–Crippen MR) is 99.6 cm³/mol. The summed E-state index contributed by atoms with van der Waals surface area (Å²) in [6.07, 6.45) is 6.80. The largest absolute Gasteiger partial charge is 0.350 e. The van der Waals surface area contributed by atoms with Crippen molar-refractivity contribution in [2.75, 3.05) is 11.4 Å². The van der Waals surface area contributed by atoms with Gasteiger partial charge in [-0.1, -0.05) is 18.2 Å². The van der Waals surface area contributed by atoms with Gasteiger partial charge in [0.25, 0.3) is 0 Å². The lowest BCUT2D eigenvalue weighted by Crippen LogP contribution is -2.27. The van der Waals surface area contributed by atoms with Crippen molar-refractivity contribution in [1.82, 2.24) is 14.9 Å². The fourth-order valence-electron chi connectivity index (χ4n) is 3.33. The van der Waals surface area contributed by atoms with Gasteiger partial charge >= 0.3 is 0 Å². The maximum atomic E-state index is 12.3. The number of aromatic nitrogens is 2. The van der Waals surface area contributed by atoms with Crippen molar-refractivity contribution in [2.45, 2.75) is 25.9 Å². The minimum atomic E-state index is -0.0611. The van der Waals surface area contributed by atoms with Crippen LogP contribution in [0.4, 0.5) is 5.69 Å². The second kappa shape index (κ2) is 7.00. The smallest absolute Gasteiger partial charge is 0.240 e. The molecule has 1 fully saturated rings. The summed E-state index contributed by atoms with van der Waals surface area (Å²) in [6.45, 7) is 1.39. The molecule has 0 aliphatic carbocycles. The number of benzene rings is 1. The van der Waals surface area contributed by atoms with Gasteiger partial charge in [-0.2, -0.15) is 0 Å². The molecule has 6 nitrogen and oxygen atoms in total. The third-order valence-corrected chi connectivity index (χ3v) is 4.65. The van der Waals surface area contributed by atoms with E-state index in [4.69, 9.17) is 0 Å². The molecule has 2 amide bonds. The first-order valence-electron chi connectivity index (χ1n) is 8.75. The Balaban J connectivity index is 1.39. The van der Waals surface area contributed by atoms with Crippen molar-refractivity contribution in [2.24, 2.45) is 0 Å². The highest BCUT2D eigenvalue weighted by Gasteiger charge is 2.22. The molecule has 6 heteroatoms. The first-order chi connectivity index (χ1) is 12.7. The van der Waals surface area contributed by atoms with Gasteiger partial charge in [0, 0.05) is 37.4 Å². The molecule has 4 rings (SSSR count). The number of anilines is 1. The van der Waals surface area contributed by atoms with E-state index in [9.17, 15) is 9.59 Å². The number of hydrogen-bond donors (Lipinski definition) is 1. The quantitative estimate of drug-likeness (QED) is 0.770. The lowest BCUT2D eigenvalue weighted by atomic mass is 10.2. The molecule has 0 unspecified atom stereocenters. The summed E-state index contributed by atoms with van der Waals surface area (Å²) < 4.78 is 1.93. The summed E-state index contributed by atoms with van der Waals surface area (Å²) >= 11 is 0. The van der Waals surface area contributed by atoms with Crippen LogP contribution in [0, 0.1) is 0 Å². The first-order valence-corrected chi connectivity index (χ1v) is 8.75. The Morgan fingerprint density at radius 2 is 2.08 bits per heavy atom. The molecule has 26 heavy (non-hydrogen) atoms. The minimum Gasteiger partial charge on any atom is -0.350 e. The van der Waals surface area contributed by atoms with Crippen molar-refractivity contribution in [3.8, 4) is 0 Å². The monoisotopic (exact) mass is 348 g/mol. The molecule has 0 spiro atoms. The molecule has 0 saturated carbocycles. The maximum absolute atomic E-state index is 12.3. The molecule has 2 aromatic heterocycles. The van der Waals surface area contributed by atoms with Crippen molar-refractivity contribution in [3.63, 3.8) is 0 Å². The van der Waals surface area contributed by atoms with Crippen molar-refractivity contribution in [3.05, 3.63) is 60.6 Å². The van der Waals surface area contributed by atoms with E-state index in [0.29, 0.717) is 13.0 Å². The van der Waals surface area contributed by atoms with Gasteiger partial charge in [-0.05, 0) is 35.6 Å². The van der Waals surface area contributed by atoms with Crippen LogP contribution in [-0.2, 0) is 22.7 Å². The summed E-state index contributed by atoms with van der Waals surface area (Å²) in [7, 11) is 0. The Bertz CT molecular complexity index is 963. The van der Waals surface area contributed by atoms with Gasteiger partial charge in [-0.25, -0.2) is 0 Å². The standard InChI is InChI=1S/C20H20N4O2/c25-19(14-23-9-7-16-4-1-2-5-18(16)23)22-12-15-10-17(13-21-11-15)24-8-3-6-20(24)26/h1-2,4-5,7,9-11,13H,3,6,8,12,14H2,(H,22,25). The third-order valence-electron chi connectivity index (χ3n) is 4.65. The van der Waals surface area contributed by atoms with Gasteiger partial charge in [0.05, 0.1) is 11.9 Å². The molecule has 132 valence electrons. The van der Waals surface area contributed by atoms with Crippen molar-refractivity contribution < 1.29 is 9.59 Å². The van der Waals surface area contributed by atoms with E-state index >= 15 is 0 Å². The lowest BCUT2D eigenvalue weighted by Gasteiger charge is -2.16. The summed E-state index contributed by atoms with van der Waals surface area (Å²) in [5.74, 6) is 0.0708. The van der Waals surface area contributed by atoms with Gasteiger partial charge in [-0.15, -0.1) is 0 Å². The lowest BCUT2D eigenvalue weighted by molar-refractivity contribution is -0.121. The van der Waals surface area contributed by atoms with Crippen LogP contribution >= 0.6 is 0 Å². The molecule has 1 saturated heterocycles. The highest BCUT2D eigenvalue weighted by atomic mass is 16.2. The number of pyridine rings is 1. The zero-order chi connectivity index (χ0) is 17.9. The molecule has 0 radical (unpaired) electrons. The Hall–Kier alpha value is -3.15. The number of nitrogens with one attached hydrogen (secondary N) is 1. The van der Waals surface area contributed by atoms with Gasteiger partial charge in [-0.3, -0.25) is 14.6 Å². The number of carbonyl (C=O) groups excluding carboxylic acids is 2. The molecule has 1 aliphatic rings. The average Bonchev–Trinajstić information content (AvgIpc) is 3.27. The second-order valence-corrected chi connectivity index (χ2v) is 6.48. The number of carbonyl (C=O) groups is 2. The topological polar surface area (TPSA) is 67.2 Å². The van der Waals surface area contributed by atoms with Gasteiger partial charge < -0.3 is 14.8 Å². The number of rotatable bonds is 5. The van der Waals surface area contributed by atoms with Crippen LogP contribution in [-0.4, -0.2) is 27.9 Å². The summed E-state index contributed by atoms with van der Waals surface area (Å²) in [4.78, 5) is 30.1. The van der Waals surface area contributed by atoms with Crippen molar-refractivity contribution >= 4 is 28.4 Å². The molecule has 0 bridgehead atoms. The average molecular weight is 348 g/mol. The SMILES string of the molecule is O=C(Cn1ccc2ccccc21)NCc1cncc(N2CCCC2=O)c1. The third kappa shape index (κ3) is 3.31. The maximum Gasteiger partial charge on any atom is 0.240 e. The number of hydrogen-bond acceptors (Lipinski definition) is 3. The predicted octanol–water partition coefficient (Wildman–Crippen LogP) is 2.48. The molecule has 0 atom stereocenters. The van der Waals surface area contributed by atoms with Crippen LogP contribution in [0.15, 0.2) is 55.0 Å². The fraction of sp³-hybridized carbons (Fsp3) is 0.250. The number of para-hydroxylation sites is 1. The van der Waals surface area contributed by atoms with Gasteiger partial charge in [0.15, 0.2) is 0 Å². The zero-order valence-corrected chi connectivity index (χ0v) is 14.4. The van der Waals surface area contributed by atoms with Crippen LogP contribution in [0.25, 0.3) is 10.9 Å². The number of nitrogens with zero attached hydrogens (tertiary/aromatic N) is 3. The highest BCUT2D eigenvalue weighted by Crippen LogP contribution is 2.21. The van der Waals surface area contributed by atoms with Crippen LogP contribution in [0.5, 0.6) is 0 Å². The van der Waals surface area contributed by atoms with Crippen molar-refractivity contribution in [1.29, 1.82) is 0 Å². The van der Waals surface area contributed by atoms with E-state index in [1.165, 1.54) is 0 Å². The Morgan fingerprint density at radius 1 is 1.19 bits per heavy atom.